The lowest BCUT2D eigenvalue weighted by molar-refractivity contribution is -0.181. The smallest absolute Gasteiger partial charge is 0.338 e. The number of hydrogen-bond donors (Lipinski definition) is 0. The highest BCUT2D eigenvalue weighted by Crippen LogP contribution is 2.38. The first-order valence-electron chi connectivity index (χ1n) is 7.71. The molecule has 1 aliphatic rings. The van der Waals surface area contributed by atoms with E-state index in [1.54, 1.807) is 37.3 Å². The van der Waals surface area contributed by atoms with Gasteiger partial charge in [-0.2, -0.15) is 0 Å². The number of ether oxygens (including phenoxy) is 4. The van der Waals surface area contributed by atoms with E-state index in [4.69, 9.17) is 14.2 Å². The zero-order valence-electron chi connectivity index (χ0n) is 14.2. The summed E-state index contributed by atoms with van der Waals surface area (Å²) in [5.41, 5.74) is -0.133. The fraction of sp³-hybridized carbons (Fsp3) is 0.471. The molecule has 1 aliphatic heterocycles. The predicted octanol–water partition coefficient (Wildman–Crippen LogP) is 2.14. The molecule has 2 rings (SSSR count). The summed E-state index contributed by atoms with van der Waals surface area (Å²) in [6.07, 6.45) is -1.47. The first-order valence-corrected chi connectivity index (χ1v) is 8.66. The Labute approximate surface area is 150 Å². The average molecular weight is 368 g/mol. The molecule has 4 atom stereocenters. The highest BCUT2D eigenvalue weighted by molar-refractivity contribution is 8.00. The molecule has 136 valence electrons. The SMILES string of the molecule is COC(=O)CC1SC([C@H](C)OC(=O)c2ccccc2)OC1OC(C)=O. The minimum Gasteiger partial charge on any atom is -0.469 e. The third kappa shape index (κ3) is 5.47. The number of benzene rings is 1. The Morgan fingerprint density at radius 1 is 1.24 bits per heavy atom. The lowest BCUT2D eigenvalue weighted by Gasteiger charge is -2.19. The van der Waals surface area contributed by atoms with Gasteiger partial charge in [0.1, 0.15) is 11.5 Å². The van der Waals surface area contributed by atoms with Crippen LogP contribution in [-0.2, 0) is 28.5 Å². The topological polar surface area (TPSA) is 88.1 Å². The van der Waals surface area contributed by atoms with Crippen LogP contribution in [-0.4, -0.2) is 48.1 Å². The largest absolute Gasteiger partial charge is 0.469 e. The summed E-state index contributed by atoms with van der Waals surface area (Å²) >= 11 is 1.27. The van der Waals surface area contributed by atoms with Crippen LogP contribution in [0.15, 0.2) is 30.3 Å². The van der Waals surface area contributed by atoms with Crippen molar-refractivity contribution in [3.05, 3.63) is 35.9 Å². The monoisotopic (exact) mass is 368 g/mol. The molecule has 0 N–H and O–H groups in total. The van der Waals surface area contributed by atoms with Gasteiger partial charge in [0.25, 0.3) is 0 Å². The lowest BCUT2D eigenvalue weighted by atomic mass is 10.2. The number of carbonyl (C=O) groups excluding carboxylic acids is 3. The molecule has 1 fully saturated rings. The van der Waals surface area contributed by atoms with Crippen molar-refractivity contribution < 1.29 is 33.3 Å². The lowest BCUT2D eigenvalue weighted by Crippen LogP contribution is -2.30. The van der Waals surface area contributed by atoms with Gasteiger partial charge in [-0.3, -0.25) is 9.59 Å². The van der Waals surface area contributed by atoms with Gasteiger partial charge in [-0.1, -0.05) is 18.2 Å². The van der Waals surface area contributed by atoms with E-state index in [0.717, 1.165) is 0 Å². The molecule has 0 amide bonds. The van der Waals surface area contributed by atoms with E-state index in [2.05, 4.69) is 4.74 Å². The molecule has 8 heteroatoms. The van der Waals surface area contributed by atoms with E-state index < -0.39 is 41.0 Å². The summed E-state index contributed by atoms with van der Waals surface area (Å²) in [6, 6.07) is 8.59. The standard InChI is InChI=1S/C17H20O7S/c1-10(22-15(20)12-7-5-4-6-8-12)17-24-16(23-11(2)18)13(25-17)9-14(19)21-3/h4-8,10,13,16-17H,9H2,1-3H3/t10-,13?,16?,17?/m0/s1. The molecule has 25 heavy (non-hydrogen) atoms. The highest BCUT2D eigenvalue weighted by atomic mass is 32.2. The van der Waals surface area contributed by atoms with Crippen molar-refractivity contribution in [1.82, 2.24) is 0 Å². The minimum atomic E-state index is -0.899. The number of esters is 3. The van der Waals surface area contributed by atoms with E-state index >= 15 is 0 Å². The molecule has 0 aromatic heterocycles. The Morgan fingerprint density at radius 3 is 2.52 bits per heavy atom. The molecule has 3 unspecified atom stereocenters. The number of rotatable bonds is 6. The van der Waals surface area contributed by atoms with Crippen LogP contribution in [0.1, 0.15) is 30.6 Å². The molecule has 0 radical (unpaired) electrons. The number of methoxy groups -OCH3 is 1. The van der Waals surface area contributed by atoms with E-state index in [1.165, 1.54) is 25.8 Å². The van der Waals surface area contributed by atoms with E-state index in [0.29, 0.717) is 5.56 Å². The average Bonchev–Trinajstić information content (AvgIpc) is 2.97. The molecule has 1 aromatic rings. The van der Waals surface area contributed by atoms with Gasteiger partial charge in [-0.25, -0.2) is 4.79 Å². The molecule has 0 spiro atoms. The highest BCUT2D eigenvalue weighted by Gasteiger charge is 2.43. The van der Waals surface area contributed by atoms with Crippen molar-refractivity contribution in [3.63, 3.8) is 0 Å². The van der Waals surface area contributed by atoms with Crippen molar-refractivity contribution in [2.45, 2.75) is 43.3 Å². The Balaban J connectivity index is 1.99. The molecule has 1 aromatic carbocycles. The Morgan fingerprint density at radius 2 is 1.92 bits per heavy atom. The fourth-order valence-electron chi connectivity index (χ4n) is 2.24. The fourth-order valence-corrected chi connectivity index (χ4v) is 3.51. The van der Waals surface area contributed by atoms with Crippen LogP contribution in [0, 0.1) is 0 Å². The summed E-state index contributed by atoms with van der Waals surface area (Å²) < 4.78 is 20.8. The molecule has 1 saturated heterocycles. The van der Waals surface area contributed by atoms with Crippen molar-refractivity contribution in [1.29, 1.82) is 0 Å². The Kier molecular flexibility index (Phi) is 6.83. The first-order chi connectivity index (χ1) is 11.9. The summed E-state index contributed by atoms with van der Waals surface area (Å²) in [5, 5.41) is -0.431. The van der Waals surface area contributed by atoms with Gasteiger partial charge >= 0.3 is 17.9 Å². The van der Waals surface area contributed by atoms with Gasteiger partial charge < -0.3 is 18.9 Å². The van der Waals surface area contributed by atoms with Crippen LogP contribution in [0.3, 0.4) is 0 Å². The summed E-state index contributed by atoms with van der Waals surface area (Å²) in [7, 11) is 1.28. The number of thioether (sulfide) groups is 1. The molecular weight excluding hydrogens is 348 g/mol. The third-order valence-electron chi connectivity index (χ3n) is 3.44. The minimum absolute atomic E-state index is 0.0228. The molecule has 0 aliphatic carbocycles. The van der Waals surface area contributed by atoms with Crippen LogP contribution in [0.25, 0.3) is 0 Å². The third-order valence-corrected chi connectivity index (χ3v) is 4.95. The zero-order valence-corrected chi connectivity index (χ0v) is 15.0. The maximum Gasteiger partial charge on any atom is 0.338 e. The second kappa shape index (κ2) is 8.87. The van der Waals surface area contributed by atoms with Gasteiger partial charge in [-0.05, 0) is 19.1 Å². The van der Waals surface area contributed by atoms with Gasteiger partial charge in [0.05, 0.1) is 24.3 Å². The number of hydrogen-bond acceptors (Lipinski definition) is 8. The van der Waals surface area contributed by atoms with Crippen molar-refractivity contribution in [2.75, 3.05) is 7.11 Å². The summed E-state index contributed by atoms with van der Waals surface area (Å²) in [4.78, 5) is 34.9. The van der Waals surface area contributed by atoms with Gasteiger partial charge in [0, 0.05) is 6.92 Å². The zero-order chi connectivity index (χ0) is 18.4. The van der Waals surface area contributed by atoms with E-state index in [9.17, 15) is 14.4 Å². The second-order valence-electron chi connectivity index (χ2n) is 5.41. The normalized spacial score (nSPS) is 23.6. The molecule has 0 saturated carbocycles. The maximum absolute atomic E-state index is 12.1. The van der Waals surface area contributed by atoms with Gasteiger partial charge in [0.15, 0.2) is 0 Å². The molecular formula is C17H20O7S. The van der Waals surface area contributed by atoms with Gasteiger partial charge in [-0.15, -0.1) is 11.8 Å². The Bertz CT molecular complexity index is 619. The van der Waals surface area contributed by atoms with E-state index in [1.807, 2.05) is 0 Å². The molecule has 1 heterocycles. The second-order valence-corrected chi connectivity index (χ2v) is 6.76. The molecule has 7 nitrogen and oxygen atoms in total. The van der Waals surface area contributed by atoms with Gasteiger partial charge in [0.2, 0.25) is 6.29 Å². The van der Waals surface area contributed by atoms with Crippen LogP contribution in [0.5, 0.6) is 0 Å². The summed E-state index contributed by atoms with van der Waals surface area (Å²) in [6.45, 7) is 2.94. The summed E-state index contributed by atoms with van der Waals surface area (Å²) in [5.74, 6) is -1.43. The van der Waals surface area contributed by atoms with Crippen LogP contribution < -0.4 is 0 Å². The predicted molar refractivity (Wildman–Crippen MR) is 89.8 cm³/mol. The van der Waals surface area contributed by atoms with Crippen molar-refractivity contribution in [3.8, 4) is 0 Å². The van der Waals surface area contributed by atoms with Crippen LogP contribution >= 0.6 is 11.8 Å². The first kappa shape index (κ1) is 19.3. The quantitative estimate of drug-likeness (QED) is 0.557. The Hall–Kier alpha value is -2.06. The van der Waals surface area contributed by atoms with Crippen molar-refractivity contribution >= 4 is 29.7 Å². The van der Waals surface area contributed by atoms with E-state index in [-0.39, 0.29) is 6.42 Å². The van der Waals surface area contributed by atoms with Crippen LogP contribution in [0.2, 0.25) is 0 Å². The van der Waals surface area contributed by atoms with Crippen molar-refractivity contribution in [2.24, 2.45) is 0 Å². The van der Waals surface area contributed by atoms with Crippen LogP contribution in [0.4, 0.5) is 0 Å². The number of carbonyl (C=O) groups is 3. The molecule has 0 bridgehead atoms. The maximum atomic E-state index is 12.1.